The van der Waals surface area contributed by atoms with Gasteiger partial charge in [0.1, 0.15) is 48.7 Å². The van der Waals surface area contributed by atoms with Crippen LogP contribution in [0.5, 0.6) is 11.5 Å². The number of nitrogens with zero attached hydrogens (tertiary/aromatic N) is 2. The van der Waals surface area contributed by atoms with Gasteiger partial charge in [-0.2, -0.15) is 26.3 Å². The Bertz CT molecular complexity index is 3340. The van der Waals surface area contributed by atoms with Crippen molar-refractivity contribution in [3.05, 3.63) is 174 Å². The number of benzene rings is 6. The van der Waals surface area contributed by atoms with Crippen molar-refractivity contribution in [3.8, 4) is 33.8 Å². The molecule has 8 aromatic rings. The number of halogens is 8. The third-order valence-corrected chi connectivity index (χ3v) is 23.0. The third kappa shape index (κ3) is 14.4. The zero-order valence-electron chi connectivity index (χ0n) is 45.2. The van der Waals surface area contributed by atoms with Crippen molar-refractivity contribution in [2.24, 2.45) is 0 Å². The summed E-state index contributed by atoms with van der Waals surface area (Å²) >= 11 is 9.53. The van der Waals surface area contributed by atoms with Gasteiger partial charge in [0.15, 0.2) is 8.32 Å². The SMILES string of the molecule is C=C(O[Si](C)(C)C(C)(C)C)c1ccccc1-c1ccc2nc(COc3ccc(C(F)(F)F)cc3)[nH]c2c1.CC(C)(C)[Si](C)(C)OC1(c2ccccc2-c2ccc3nc(COc4ccc(C(F)(F)F)cc4)[nH]c3c2)CO1.ClCCl. The van der Waals surface area contributed by atoms with Crippen LogP contribution in [-0.2, 0) is 44.9 Å². The molecule has 2 aromatic heterocycles. The number of nitrogens with one attached hydrogen (secondary N) is 2. The van der Waals surface area contributed by atoms with Crippen molar-refractivity contribution < 1.29 is 49.4 Å². The average molecular weight is 1150 g/mol. The van der Waals surface area contributed by atoms with E-state index >= 15 is 0 Å². The highest BCUT2D eigenvalue weighted by Gasteiger charge is 2.55. The fourth-order valence-electron chi connectivity index (χ4n) is 7.84. The van der Waals surface area contributed by atoms with E-state index in [4.69, 9.17) is 46.3 Å². The van der Waals surface area contributed by atoms with Gasteiger partial charge < -0.3 is 33.0 Å². The molecular formula is C59H64Cl2F6N4O5Si2. The molecule has 1 aliphatic rings. The molecule has 414 valence electrons. The van der Waals surface area contributed by atoms with Gasteiger partial charge in [0, 0.05) is 11.1 Å². The summed E-state index contributed by atoms with van der Waals surface area (Å²) in [5, 5.41) is 0.299. The lowest BCUT2D eigenvalue weighted by molar-refractivity contribution is -0.138. The molecule has 3 heterocycles. The van der Waals surface area contributed by atoms with Crippen LogP contribution in [0.1, 0.15) is 75.4 Å². The molecule has 19 heteroatoms. The van der Waals surface area contributed by atoms with E-state index in [-0.39, 0.29) is 28.6 Å². The molecule has 1 aliphatic heterocycles. The largest absolute Gasteiger partial charge is 0.543 e. The molecule has 78 heavy (non-hydrogen) atoms. The topological polar surface area (TPSA) is 107 Å². The summed E-state index contributed by atoms with van der Waals surface area (Å²) < 4.78 is 107. The van der Waals surface area contributed by atoms with E-state index in [1.54, 1.807) is 0 Å². The minimum atomic E-state index is -4.38. The molecular weight excluding hydrogens is 1090 g/mol. The number of epoxide rings is 1. The molecule has 2 N–H and O–H groups in total. The number of H-pyrrole nitrogens is 2. The van der Waals surface area contributed by atoms with Gasteiger partial charge >= 0.3 is 12.4 Å². The number of hydrogen-bond acceptors (Lipinski definition) is 7. The zero-order valence-corrected chi connectivity index (χ0v) is 48.7. The van der Waals surface area contributed by atoms with Gasteiger partial charge in [0.2, 0.25) is 14.1 Å². The molecule has 0 radical (unpaired) electrons. The standard InChI is InChI=1S/C29H31F3N2O3Si.C29H31F3N2O2Si.CH2Cl2/c1-27(2,3)38(4,5)37-28(18-36-28)23-9-7-6-8-22(23)19-10-15-24-25(16-19)34-26(33-24)17-35-21-13-11-20(12-14-21)29(30,31)32;1-19(36-37(5,6)28(2,3)4)23-9-7-8-10-24(23)20-11-16-25-26(17-20)34-27(33-25)18-35-22-14-12-21(13-15-22)29(30,31)32;2-1-3/h6-16H,17-18H2,1-5H3,(H,33,34);7-17H,1,18H2,2-6H3,(H,33,34);1H2. The van der Waals surface area contributed by atoms with Crippen LogP contribution >= 0.6 is 23.2 Å². The smallest absolute Gasteiger partial charge is 0.416 e. The summed E-state index contributed by atoms with van der Waals surface area (Å²) in [6, 6.07) is 37.3. The molecule has 0 amide bonds. The summed E-state index contributed by atoms with van der Waals surface area (Å²) in [4.78, 5) is 15.7. The molecule has 9 rings (SSSR count). The van der Waals surface area contributed by atoms with E-state index in [1.807, 2.05) is 72.8 Å². The lowest BCUT2D eigenvalue weighted by Crippen LogP contribution is -2.44. The van der Waals surface area contributed by atoms with Gasteiger partial charge in [0.05, 0.1) is 38.5 Å². The Kier molecular flexibility index (Phi) is 17.8. The number of ether oxygens (including phenoxy) is 3. The predicted molar refractivity (Wildman–Crippen MR) is 304 cm³/mol. The monoisotopic (exact) mass is 1150 g/mol. The summed E-state index contributed by atoms with van der Waals surface area (Å²) in [5.74, 6) is 1.76. The van der Waals surface area contributed by atoms with Gasteiger partial charge in [-0.15, -0.1) is 23.2 Å². The van der Waals surface area contributed by atoms with E-state index in [0.29, 0.717) is 35.5 Å². The molecule has 0 spiro atoms. The molecule has 9 nitrogen and oxygen atoms in total. The summed E-state index contributed by atoms with van der Waals surface area (Å²) in [6.07, 6.45) is -8.76. The highest BCUT2D eigenvalue weighted by Crippen LogP contribution is 2.51. The average Bonchev–Trinajstić information content (AvgIpc) is 3.96. The first kappa shape index (κ1) is 59.6. The number of rotatable bonds is 14. The summed E-state index contributed by atoms with van der Waals surface area (Å²) in [7, 11) is -4.14. The molecule has 0 bridgehead atoms. The second kappa shape index (κ2) is 23.3. The third-order valence-electron chi connectivity index (χ3n) is 14.2. The van der Waals surface area contributed by atoms with Gasteiger partial charge in [-0.1, -0.05) is 109 Å². The summed E-state index contributed by atoms with van der Waals surface area (Å²) in [6.45, 7) is 27.1. The van der Waals surface area contributed by atoms with Crippen molar-refractivity contribution >= 4 is 67.7 Å². The van der Waals surface area contributed by atoms with Crippen LogP contribution in [0.3, 0.4) is 0 Å². The first-order valence-electron chi connectivity index (χ1n) is 25.0. The Balaban J connectivity index is 0.000000215. The Labute approximate surface area is 463 Å². The van der Waals surface area contributed by atoms with Crippen molar-refractivity contribution in [1.29, 1.82) is 0 Å². The van der Waals surface area contributed by atoms with Crippen LogP contribution in [0.2, 0.25) is 36.3 Å². The second-order valence-corrected chi connectivity index (χ2v) is 32.1. The maximum absolute atomic E-state index is 12.8. The minimum Gasteiger partial charge on any atom is -0.543 e. The number of aromatic nitrogens is 4. The van der Waals surface area contributed by atoms with Crippen molar-refractivity contribution in [2.45, 2.75) is 109 Å². The zero-order chi connectivity index (χ0) is 57.1. The molecule has 0 aliphatic carbocycles. The van der Waals surface area contributed by atoms with Crippen LogP contribution < -0.4 is 9.47 Å². The summed E-state index contributed by atoms with van der Waals surface area (Å²) in [5.41, 5.74) is 7.75. The van der Waals surface area contributed by atoms with Gasteiger partial charge in [0.25, 0.3) is 0 Å². The van der Waals surface area contributed by atoms with Crippen LogP contribution in [0, 0.1) is 0 Å². The maximum Gasteiger partial charge on any atom is 0.416 e. The Morgan fingerprint density at radius 3 is 1.44 bits per heavy atom. The van der Waals surface area contributed by atoms with E-state index in [0.717, 1.165) is 79.7 Å². The molecule has 0 saturated carbocycles. The Hall–Kier alpha value is -6.09. The normalized spacial score (nSPS) is 15.0. The Morgan fingerprint density at radius 1 is 0.603 bits per heavy atom. The van der Waals surface area contributed by atoms with Crippen LogP contribution in [0.25, 0.3) is 50.1 Å². The van der Waals surface area contributed by atoms with Crippen LogP contribution in [0.4, 0.5) is 26.3 Å². The van der Waals surface area contributed by atoms with E-state index in [1.165, 1.54) is 24.3 Å². The predicted octanol–water partition coefficient (Wildman–Crippen LogP) is 18.3. The van der Waals surface area contributed by atoms with Crippen molar-refractivity contribution in [2.75, 3.05) is 11.9 Å². The molecule has 1 unspecified atom stereocenters. The first-order valence-corrected chi connectivity index (χ1v) is 31.9. The fourth-order valence-corrected chi connectivity index (χ4v) is 10.2. The molecule has 1 saturated heterocycles. The lowest BCUT2D eigenvalue weighted by atomic mass is 9.96. The number of fused-ring (bicyclic) bond motifs is 2. The van der Waals surface area contributed by atoms with E-state index in [2.05, 4.69) is 106 Å². The molecule has 6 aromatic carbocycles. The van der Waals surface area contributed by atoms with Crippen LogP contribution in [0.15, 0.2) is 140 Å². The van der Waals surface area contributed by atoms with Crippen molar-refractivity contribution in [3.63, 3.8) is 0 Å². The quantitative estimate of drug-likeness (QED) is 0.0367. The molecule has 1 atom stereocenters. The minimum absolute atomic E-state index is 0.0502. The number of imidazole rings is 2. The van der Waals surface area contributed by atoms with Crippen molar-refractivity contribution in [1.82, 2.24) is 19.9 Å². The fraction of sp³-hybridized carbons (Fsp3) is 0.322. The van der Waals surface area contributed by atoms with Gasteiger partial charge in [-0.05, 0) is 131 Å². The number of hydrogen-bond donors (Lipinski definition) is 2. The van der Waals surface area contributed by atoms with Gasteiger partial charge in [-0.3, -0.25) is 0 Å². The second-order valence-electron chi connectivity index (χ2n) is 21.8. The maximum atomic E-state index is 12.8. The van der Waals surface area contributed by atoms with E-state index in [9.17, 15) is 26.3 Å². The van der Waals surface area contributed by atoms with E-state index < -0.39 is 45.9 Å². The van der Waals surface area contributed by atoms with Gasteiger partial charge in [-0.25, -0.2) is 9.97 Å². The number of aromatic amines is 2. The number of alkyl halides is 8. The molecule has 1 fully saturated rings. The highest BCUT2D eigenvalue weighted by atomic mass is 35.5. The highest BCUT2D eigenvalue weighted by molar-refractivity contribution is 6.75. The lowest BCUT2D eigenvalue weighted by Gasteiger charge is -2.38. The Morgan fingerprint density at radius 2 is 1.01 bits per heavy atom. The van der Waals surface area contributed by atoms with Crippen LogP contribution in [-0.4, -0.2) is 48.5 Å². The first-order chi connectivity index (χ1) is 36.4.